The molecule has 0 aliphatic rings. The first-order valence-corrected chi connectivity index (χ1v) is 10.1. The van der Waals surface area contributed by atoms with E-state index in [1.807, 2.05) is 12.1 Å². The van der Waals surface area contributed by atoms with Crippen LogP contribution in [0.4, 0.5) is 0 Å². The molecule has 4 heteroatoms. The van der Waals surface area contributed by atoms with Gasteiger partial charge in [-0.1, -0.05) is 57.2 Å². The molecule has 0 bridgehead atoms. The first-order valence-electron chi connectivity index (χ1n) is 8.20. The van der Waals surface area contributed by atoms with Gasteiger partial charge in [-0.3, -0.25) is 0 Å². The topological polar surface area (TPSA) is 46.2 Å². The summed E-state index contributed by atoms with van der Waals surface area (Å²) in [6, 6.07) is 15.9. The summed E-state index contributed by atoms with van der Waals surface area (Å²) in [6.07, 6.45) is 1.23. The largest absolute Gasteiger partial charge is 0.306 e. The van der Waals surface area contributed by atoms with Crippen molar-refractivity contribution in [3.8, 4) is 0 Å². The van der Waals surface area contributed by atoms with E-state index in [2.05, 4.69) is 57.3 Å². The Morgan fingerprint density at radius 3 is 1.96 bits per heavy atom. The molecule has 0 spiro atoms. The molecule has 2 aromatic carbocycles. The van der Waals surface area contributed by atoms with Crippen molar-refractivity contribution >= 4 is 9.84 Å². The molecular formula is C20H27NO2S. The maximum atomic E-state index is 11.5. The van der Waals surface area contributed by atoms with E-state index in [4.69, 9.17) is 0 Å². The lowest BCUT2D eigenvalue weighted by atomic mass is 9.87. The van der Waals surface area contributed by atoms with Gasteiger partial charge in [0.2, 0.25) is 0 Å². The van der Waals surface area contributed by atoms with Gasteiger partial charge < -0.3 is 5.32 Å². The van der Waals surface area contributed by atoms with E-state index in [1.165, 1.54) is 17.4 Å². The minimum Gasteiger partial charge on any atom is -0.306 e. The molecule has 1 N–H and O–H groups in total. The fraction of sp³-hybridized carbons (Fsp3) is 0.400. The van der Waals surface area contributed by atoms with Crippen molar-refractivity contribution < 1.29 is 8.42 Å². The molecule has 0 aliphatic carbocycles. The average Bonchev–Trinajstić information content (AvgIpc) is 2.51. The molecule has 0 amide bonds. The van der Waals surface area contributed by atoms with Crippen LogP contribution in [0.3, 0.4) is 0 Å². The number of benzene rings is 2. The van der Waals surface area contributed by atoms with E-state index in [0.29, 0.717) is 4.90 Å². The molecule has 0 aromatic heterocycles. The minimum absolute atomic E-state index is 0.154. The summed E-state index contributed by atoms with van der Waals surface area (Å²) in [6.45, 7) is 9.49. The number of hydrogen-bond acceptors (Lipinski definition) is 3. The van der Waals surface area contributed by atoms with E-state index < -0.39 is 9.84 Å². The van der Waals surface area contributed by atoms with Crippen LogP contribution in [0.1, 0.15) is 50.4 Å². The number of rotatable bonds is 5. The maximum Gasteiger partial charge on any atom is 0.175 e. The van der Waals surface area contributed by atoms with Crippen LogP contribution in [0, 0.1) is 0 Å². The summed E-state index contributed by atoms with van der Waals surface area (Å²) in [7, 11) is -3.14. The highest BCUT2D eigenvalue weighted by atomic mass is 32.2. The summed E-state index contributed by atoms with van der Waals surface area (Å²) in [5, 5.41) is 3.48. The van der Waals surface area contributed by atoms with Crippen molar-refractivity contribution in [2.24, 2.45) is 0 Å². The molecule has 0 fully saturated rings. The fourth-order valence-corrected chi connectivity index (χ4v) is 3.15. The van der Waals surface area contributed by atoms with Crippen LogP contribution in [0.2, 0.25) is 0 Å². The lowest BCUT2D eigenvalue weighted by Gasteiger charge is -2.20. The van der Waals surface area contributed by atoms with Crippen LogP contribution in [0.5, 0.6) is 0 Å². The highest BCUT2D eigenvalue weighted by molar-refractivity contribution is 7.90. The Kier molecular flexibility index (Phi) is 5.51. The second kappa shape index (κ2) is 7.08. The zero-order valence-electron chi connectivity index (χ0n) is 15.1. The minimum atomic E-state index is -3.14. The van der Waals surface area contributed by atoms with Crippen molar-refractivity contribution in [2.75, 3.05) is 6.26 Å². The molecule has 0 unspecified atom stereocenters. The molecule has 3 nitrogen and oxygen atoms in total. The third kappa shape index (κ3) is 4.92. The van der Waals surface area contributed by atoms with Gasteiger partial charge in [0.05, 0.1) is 4.90 Å². The van der Waals surface area contributed by atoms with E-state index in [1.54, 1.807) is 12.1 Å². The summed E-state index contributed by atoms with van der Waals surface area (Å²) in [5.74, 6) is 0. The second-order valence-corrected chi connectivity index (χ2v) is 9.41. The van der Waals surface area contributed by atoms with Crippen molar-refractivity contribution in [2.45, 2.75) is 50.6 Å². The molecule has 130 valence electrons. The van der Waals surface area contributed by atoms with Gasteiger partial charge in [0.1, 0.15) is 0 Å². The Hall–Kier alpha value is -1.65. The molecule has 0 heterocycles. The van der Waals surface area contributed by atoms with Crippen molar-refractivity contribution in [1.82, 2.24) is 5.32 Å². The molecule has 2 aromatic rings. The van der Waals surface area contributed by atoms with E-state index in [-0.39, 0.29) is 11.5 Å². The number of sulfone groups is 1. The van der Waals surface area contributed by atoms with Crippen LogP contribution in [0.15, 0.2) is 53.4 Å². The summed E-state index contributed by atoms with van der Waals surface area (Å²) >= 11 is 0. The predicted molar refractivity (Wildman–Crippen MR) is 99.9 cm³/mol. The number of hydrogen-bond donors (Lipinski definition) is 1. The van der Waals surface area contributed by atoms with Gasteiger partial charge in [0.15, 0.2) is 9.84 Å². The Bertz CT molecular complexity index is 770. The summed E-state index contributed by atoms with van der Waals surface area (Å²) in [5.41, 5.74) is 3.81. The first-order chi connectivity index (χ1) is 11.1. The predicted octanol–water partition coefficient (Wildman–Crippen LogP) is 4.24. The standard InChI is InChI=1S/C20H27NO2S/c1-15(17-8-12-19(13-9-17)24(5,22)23)21-14-16-6-10-18(11-7-16)20(2,3)4/h6-13,15,21H,14H2,1-5H3/t15-/m1/s1. The lowest BCUT2D eigenvalue weighted by Crippen LogP contribution is -2.18. The zero-order valence-corrected chi connectivity index (χ0v) is 15.9. The van der Waals surface area contributed by atoms with Crippen LogP contribution >= 0.6 is 0 Å². The SMILES string of the molecule is C[C@@H](NCc1ccc(C(C)(C)C)cc1)c1ccc(S(C)(=O)=O)cc1. The molecule has 24 heavy (non-hydrogen) atoms. The Balaban J connectivity index is 1.99. The molecule has 0 saturated carbocycles. The molecule has 0 radical (unpaired) electrons. The van der Waals surface area contributed by atoms with Crippen molar-refractivity contribution in [3.05, 3.63) is 65.2 Å². The third-order valence-electron chi connectivity index (χ3n) is 4.24. The van der Waals surface area contributed by atoms with Crippen LogP contribution in [-0.2, 0) is 21.8 Å². The van der Waals surface area contributed by atoms with Crippen LogP contribution < -0.4 is 5.32 Å². The Labute approximate surface area is 146 Å². The van der Waals surface area contributed by atoms with Crippen LogP contribution in [0.25, 0.3) is 0 Å². The molecule has 2 rings (SSSR count). The van der Waals surface area contributed by atoms with Crippen molar-refractivity contribution in [1.29, 1.82) is 0 Å². The summed E-state index contributed by atoms with van der Waals surface area (Å²) < 4.78 is 23.0. The van der Waals surface area contributed by atoms with E-state index in [0.717, 1.165) is 12.1 Å². The highest BCUT2D eigenvalue weighted by Gasteiger charge is 2.13. The van der Waals surface area contributed by atoms with Gasteiger partial charge in [0.25, 0.3) is 0 Å². The van der Waals surface area contributed by atoms with Gasteiger partial charge in [-0.25, -0.2) is 8.42 Å². The highest BCUT2D eigenvalue weighted by Crippen LogP contribution is 2.22. The average molecular weight is 346 g/mol. The molecular weight excluding hydrogens is 318 g/mol. The van der Waals surface area contributed by atoms with Crippen molar-refractivity contribution in [3.63, 3.8) is 0 Å². The van der Waals surface area contributed by atoms with Gasteiger partial charge in [-0.2, -0.15) is 0 Å². The van der Waals surface area contributed by atoms with E-state index in [9.17, 15) is 8.42 Å². The molecule has 0 aliphatic heterocycles. The quantitative estimate of drug-likeness (QED) is 0.882. The van der Waals surface area contributed by atoms with E-state index >= 15 is 0 Å². The van der Waals surface area contributed by atoms with Gasteiger partial charge in [-0.15, -0.1) is 0 Å². The monoisotopic (exact) mass is 345 g/mol. The van der Waals surface area contributed by atoms with Gasteiger partial charge in [0, 0.05) is 18.8 Å². The van der Waals surface area contributed by atoms with Crippen LogP contribution in [-0.4, -0.2) is 14.7 Å². The first kappa shape index (κ1) is 18.7. The fourth-order valence-electron chi connectivity index (χ4n) is 2.52. The van der Waals surface area contributed by atoms with Gasteiger partial charge >= 0.3 is 0 Å². The smallest absolute Gasteiger partial charge is 0.175 e. The second-order valence-electron chi connectivity index (χ2n) is 7.39. The molecule has 1 atom stereocenters. The normalized spacial score (nSPS) is 13.7. The maximum absolute atomic E-state index is 11.5. The van der Waals surface area contributed by atoms with Gasteiger partial charge in [-0.05, 0) is 41.2 Å². The Morgan fingerprint density at radius 2 is 1.50 bits per heavy atom. The molecule has 0 saturated heterocycles. The third-order valence-corrected chi connectivity index (χ3v) is 5.37. The zero-order chi connectivity index (χ0) is 18.0. The lowest BCUT2D eigenvalue weighted by molar-refractivity contribution is 0.571. The Morgan fingerprint density at radius 1 is 0.958 bits per heavy atom. The number of nitrogens with one attached hydrogen (secondary N) is 1. The summed E-state index contributed by atoms with van der Waals surface area (Å²) in [4.78, 5) is 0.358.